The number of aldehydes is 1. The second-order valence-corrected chi connectivity index (χ2v) is 17.0. The first-order chi connectivity index (χ1) is 25.3. The van der Waals surface area contributed by atoms with Crippen molar-refractivity contribution in [3.05, 3.63) is 130 Å². The lowest BCUT2D eigenvalue weighted by molar-refractivity contribution is -0.0508. The van der Waals surface area contributed by atoms with E-state index in [1.165, 1.54) is 90.6 Å². The van der Waals surface area contributed by atoms with E-state index in [9.17, 15) is 45.0 Å². The van der Waals surface area contributed by atoms with Crippen LogP contribution < -0.4 is 9.47 Å². The molecule has 2 heterocycles. The summed E-state index contributed by atoms with van der Waals surface area (Å²) in [6.45, 7) is -4.17. The van der Waals surface area contributed by atoms with Crippen LogP contribution in [-0.4, -0.2) is 47.6 Å². The van der Waals surface area contributed by atoms with Crippen molar-refractivity contribution >= 4 is 53.3 Å². The maximum atomic E-state index is 13.8. The van der Waals surface area contributed by atoms with Gasteiger partial charge in [-0.05, 0) is 126 Å². The van der Waals surface area contributed by atoms with E-state index in [4.69, 9.17) is 0 Å². The molecule has 53 heavy (non-hydrogen) atoms. The second kappa shape index (κ2) is 20.6. The molecule has 6 rings (SSSR count). The van der Waals surface area contributed by atoms with Crippen LogP contribution in [0.3, 0.4) is 0 Å². The zero-order valence-electron chi connectivity index (χ0n) is 28.0. The normalized spacial score (nSPS) is 16.2. The number of aliphatic hydroxyl groups is 1. The summed E-state index contributed by atoms with van der Waals surface area (Å²) in [5, 5.41) is 11.2. The average molecular weight is 823 g/mol. The molecule has 4 aromatic carbocycles. The molecule has 0 aliphatic carbocycles. The number of hydrogen-bond acceptors (Lipinski definition) is 8. The highest BCUT2D eigenvalue weighted by Gasteiger charge is 2.44. The fraction of sp³-hybridized carbons (Fsp3) is 0.324. The molecule has 1 atom stereocenters. The monoisotopic (exact) mass is 822 g/mol. The topological polar surface area (TPSA) is 55.8 Å². The standard InChI is InChI=1S/C19H18F4O2S2.C10H10F2S2.C8H6F2O2/c1-11-7-12(3-4-16(11)25-18(22)23)17(24)19(26-5-2-6-27-19)13-8-14(20)10-15(21)9-13;11-8-4-7(5-9(12)6-8)10-13-2-1-3-14-10;9-8(10)12-7-3-1-6(5-11)2-4-7/h3-4,7-10,17-18,24H,2,5-6H2,1H3;4-6,10H,1-3H2;1-5,8H. The van der Waals surface area contributed by atoms with Crippen LogP contribution in [0.4, 0.5) is 35.1 Å². The summed E-state index contributed by atoms with van der Waals surface area (Å²) in [5.74, 6) is 1.32. The molecular weight excluding hydrogens is 789 g/mol. The van der Waals surface area contributed by atoms with E-state index in [1.807, 2.05) is 0 Å². The van der Waals surface area contributed by atoms with Crippen molar-refractivity contribution in [3.63, 3.8) is 0 Å². The minimum atomic E-state index is -2.94. The fourth-order valence-electron chi connectivity index (χ4n) is 5.20. The molecule has 2 aliphatic heterocycles. The van der Waals surface area contributed by atoms with E-state index in [-0.39, 0.29) is 16.1 Å². The molecule has 0 saturated carbocycles. The Labute approximate surface area is 318 Å². The van der Waals surface area contributed by atoms with Crippen LogP contribution >= 0.6 is 47.0 Å². The molecule has 2 fully saturated rings. The third-order valence-electron chi connectivity index (χ3n) is 7.50. The van der Waals surface area contributed by atoms with Crippen molar-refractivity contribution in [2.24, 2.45) is 0 Å². The fourth-order valence-corrected chi connectivity index (χ4v) is 11.4. The molecule has 286 valence electrons. The lowest BCUT2D eigenvalue weighted by atomic mass is 9.98. The van der Waals surface area contributed by atoms with Gasteiger partial charge in [0.15, 0.2) is 0 Å². The smallest absolute Gasteiger partial charge is 0.387 e. The molecule has 0 radical (unpaired) electrons. The third-order valence-corrected chi connectivity index (χ3v) is 14.0. The second-order valence-electron chi connectivity index (χ2n) is 11.4. The van der Waals surface area contributed by atoms with Crippen LogP contribution in [0.5, 0.6) is 11.5 Å². The first kappa shape index (κ1) is 42.7. The Morgan fingerprint density at radius 1 is 0.717 bits per heavy atom. The predicted molar refractivity (Wildman–Crippen MR) is 197 cm³/mol. The zero-order chi connectivity index (χ0) is 38.5. The first-order valence-corrected chi connectivity index (χ1v) is 20.0. The molecule has 0 amide bonds. The molecular formula is C37H34F8O4S4. The third kappa shape index (κ3) is 12.8. The summed E-state index contributed by atoms with van der Waals surface area (Å²) in [5.41, 5.74) is 2.46. The van der Waals surface area contributed by atoms with Crippen molar-refractivity contribution in [2.75, 3.05) is 23.0 Å². The number of rotatable bonds is 9. The molecule has 2 saturated heterocycles. The molecule has 4 nitrogen and oxygen atoms in total. The number of aliphatic hydroxyl groups excluding tert-OH is 1. The van der Waals surface area contributed by atoms with Gasteiger partial charge in [-0.15, -0.1) is 47.0 Å². The summed E-state index contributed by atoms with van der Waals surface area (Å²) in [7, 11) is 0. The Balaban J connectivity index is 0.000000201. The van der Waals surface area contributed by atoms with Crippen molar-refractivity contribution in [1.29, 1.82) is 0 Å². The number of alkyl halides is 4. The van der Waals surface area contributed by atoms with Gasteiger partial charge >= 0.3 is 13.2 Å². The van der Waals surface area contributed by atoms with E-state index in [2.05, 4.69) is 9.47 Å². The van der Waals surface area contributed by atoms with Crippen LogP contribution in [0.25, 0.3) is 0 Å². The number of benzene rings is 4. The van der Waals surface area contributed by atoms with Crippen molar-refractivity contribution in [1.82, 2.24) is 0 Å². The molecule has 0 spiro atoms. The SMILES string of the molecule is Cc1cc(C(O)C2(c3cc(F)cc(F)c3)SCCCS2)ccc1OC(F)F.Fc1cc(F)cc(C2SCCCS2)c1.O=Cc1ccc(OC(F)F)cc1. The number of carbonyl (C=O) groups is 1. The zero-order valence-corrected chi connectivity index (χ0v) is 31.2. The molecule has 2 aliphatic rings. The highest BCUT2D eigenvalue weighted by Crippen LogP contribution is 2.58. The van der Waals surface area contributed by atoms with Gasteiger partial charge in [0.2, 0.25) is 0 Å². The predicted octanol–water partition coefficient (Wildman–Crippen LogP) is 11.6. The highest BCUT2D eigenvalue weighted by molar-refractivity contribution is 8.18. The van der Waals surface area contributed by atoms with Crippen LogP contribution in [0.1, 0.15) is 56.1 Å². The summed E-state index contributed by atoms with van der Waals surface area (Å²) in [6.07, 6.45) is 1.64. The van der Waals surface area contributed by atoms with Crippen LogP contribution in [0.2, 0.25) is 0 Å². The number of aryl methyl sites for hydroxylation is 1. The van der Waals surface area contributed by atoms with Gasteiger partial charge in [0, 0.05) is 17.7 Å². The number of hydrogen-bond donors (Lipinski definition) is 1. The largest absolute Gasteiger partial charge is 0.435 e. The summed E-state index contributed by atoms with van der Waals surface area (Å²) in [4.78, 5) is 10.2. The molecule has 1 unspecified atom stereocenters. The van der Waals surface area contributed by atoms with Crippen LogP contribution in [0.15, 0.2) is 78.9 Å². The quantitative estimate of drug-likeness (QED) is 0.132. The first-order valence-electron chi connectivity index (χ1n) is 16.0. The van der Waals surface area contributed by atoms with Gasteiger partial charge in [-0.1, -0.05) is 6.07 Å². The summed E-state index contributed by atoms with van der Waals surface area (Å²) < 4.78 is 109. The summed E-state index contributed by atoms with van der Waals surface area (Å²) >= 11 is 6.39. The maximum Gasteiger partial charge on any atom is 0.387 e. The molecule has 0 aromatic heterocycles. The van der Waals surface area contributed by atoms with Gasteiger partial charge in [0.05, 0.1) is 4.58 Å². The Kier molecular flexibility index (Phi) is 16.6. The van der Waals surface area contributed by atoms with Crippen molar-refractivity contribution in [2.45, 2.75) is 47.8 Å². The molecule has 1 N–H and O–H groups in total. The number of thioether (sulfide) groups is 4. The lowest BCUT2D eigenvalue weighted by Gasteiger charge is -2.40. The van der Waals surface area contributed by atoms with E-state index < -0.39 is 46.7 Å². The van der Waals surface area contributed by atoms with Crippen molar-refractivity contribution in [3.8, 4) is 11.5 Å². The van der Waals surface area contributed by atoms with Crippen molar-refractivity contribution < 1.29 is 54.5 Å². The minimum Gasteiger partial charge on any atom is -0.435 e. The van der Waals surface area contributed by atoms with Gasteiger partial charge < -0.3 is 14.6 Å². The Morgan fingerprint density at radius 3 is 1.75 bits per heavy atom. The Morgan fingerprint density at radius 2 is 1.25 bits per heavy atom. The van der Waals surface area contributed by atoms with Crippen LogP contribution in [-0.2, 0) is 4.08 Å². The van der Waals surface area contributed by atoms with Gasteiger partial charge in [-0.2, -0.15) is 17.6 Å². The number of halogens is 8. The minimum absolute atomic E-state index is 0.0238. The van der Waals surface area contributed by atoms with Gasteiger partial charge in [-0.3, -0.25) is 4.79 Å². The van der Waals surface area contributed by atoms with E-state index in [0.29, 0.717) is 28.5 Å². The average Bonchev–Trinajstić information content (AvgIpc) is 3.12. The molecule has 4 aromatic rings. The van der Waals surface area contributed by atoms with Crippen LogP contribution in [0, 0.1) is 30.2 Å². The van der Waals surface area contributed by atoms with E-state index in [0.717, 1.165) is 47.1 Å². The molecule has 0 bridgehead atoms. The van der Waals surface area contributed by atoms with Gasteiger partial charge in [0.25, 0.3) is 0 Å². The van der Waals surface area contributed by atoms with Gasteiger partial charge in [0.1, 0.15) is 51.2 Å². The summed E-state index contributed by atoms with van der Waals surface area (Å²) in [6, 6.07) is 16.9. The lowest BCUT2D eigenvalue weighted by Crippen LogP contribution is -2.31. The Hall–Kier alpha value is -3.05. The molecule has 16 heteroatoms. The maximum absolute atomic E-state index is 13.8. The van der Waals surface area contributed by atoms with E-state index in [1.54, 1.807) is 36.5 Å². The Bertz CT molecular complexity index is 1730. The highest BCUT2D eigenvalue weighted by atomic mass is 32.2. The number of carbonyl (C=O) groups excluding carboxylic acids is 1. The number of ether oxygens (including phenoxy) is 2. The van der Waals surface area contributed by atoms with Gasteiger partial charge in [-0.25, -0.2) is 17.6 Å². The van der Waals surface area contributed by atoms with E-state index >= 15 is 0 Å².